The summed E-state index contributed by atoms with van der Waals surface area (Å²) in [6.45, 7) is 0. The van der Waals surface area contributed by atoms with Crippen LogP contribution in [0, 0.1) is 0 Å². The number of aromatic carboxylic acids is 1. The van der Waals surface area contributed by atoms with Crippen LogP contribution in [0.2, 0.25) is 0 Å². The first kappa shape index (κ1) is 10.7. The van der Waals surface area contributed by atoms with Crippen molar-refractivity contribution in [2.75, 3.05) is 0 Å². The summed E-state index contributed by atoms with van der Waals surface area (Å²) < 4.78 is 0. The summed E-state index contributed by atoms with van der Waals surface area (Å²) in [4.78, 5) is 13.8. The number of carboxylic acid groups (broad SMARTS) is 1. The Balaban J connectivity index is 0. The topological polar surface area (TPSA) is 50.2 Å². The Hall–Kier alpha value is 0.672. The molecular formula is C6H6CsNO2. The number of carboxylic acids is 1. The van der Waals surface area contributed by atoms with Gasteiger partial charge in [0.05, 0.1) is 5.56 Å². The van der Waals surface area contributed by atoms with Crippen LogP contribution in [0.3, 0.4) is 0 Å². The molecule has 0 aliphatic rings. The molecule has 0 radical (unpaired) electrons. The second kappa shape index (κ2) is 5.34. The van der Waals surface area contributed by atoms with Crippen LogP contribution in [0.25, 0.3) is 0 Å². The van der Waals surface area contributed by atoms with Crippen molar-refractivity contribution >= 4 is 5.97 Å². The fourth-order valence-electron chi connectivity index (χ4n) is 0.494. The van der Waals surface area contributed by atoms with Gasteiger partial charge < -0.3 is 6.53 Å². The van der Waals surface area contributed by atoms with E-state index >= 15 is 0 Å². The van der Waals surface area contributed by atoms with Gasteiger partial charge in [-0.25, -0.2) is 4.79 Å². The number of carbonyl (C=O) groups is 1. The zero-order valence-corrected chi connectivity index (χ0v) is 11.9. The van der Waals surface area contributed by atoms with Crippen LogP contribution in [-0.4, -0.2) is 16.1 Å². The second-order valence-electron chi connectivity index (χ2n) is 1.54. The van der Waals surface area contributed by atoms with Gasteiger partial charge in [-0.05, 0) is 12.1 Å². The van der Waals surface area contributed by atoms with Gasteiger partial charge >= 0.3 is 74.9 Å². The summed E-state index contributed by atoms with van der Waals surface area (Å²) in [6, 6.07) is 2.89. The van der Waals surface area contributed by atoms with Crippen molar-refractivity contribution in [2.45, 2.75) is 0 Å². The molecule has 0 fully saturated rings. The van der Waals surface area contributed by atoms with E-state index in [0.29, 0.717) is 0 Å². The number of hydrogen-bond donors (Lipinski definition) is 1. The number of pyridine rings is 1. The third kappa shape index (κ3) is 3.18. The largest absolute Gasteiger partial charge is 1.00 e. The van der Waals surface area contributed by atoms with E-state index in [0.717, 1.165) is 0 Å². The van der Waals surface area contributed by atoms with Crippen molar-refractivity contribution in [3.63, 3.8) is 0 Å². The Kier molecular flexibility index (Phi) is 5.70. The Labute approximate surface area is 119 Å². The molecule has 1 heterocycles. The molecule has 1 N–H and O–H groups in total. The molecule has 0 aliphatic heterocycles. The van der Waals surface area contributed by atoms with Crippen LogP contribution < -0.4 is 68.9 Å². The normalized spacial score (nSPS) is 8.00. The minimum atomic E-state index is -0.919. The van der Waals surface area contributed by atoms with Gasteiger partial charge in [-0.3, -0.25) is 4.98 Å². The van der Waals surface area contributed by atoms with E-state index < -0.39 is 5.97 Å². The standard InChI is InChI=1S/C6H5NO2.Cs.H/c8-6(9)5-1-3-7-4-2-5;;/h1-4H,(H,8,9);;/q;+1;-1. The van der Waals surface area contributed by atoms with Gasteiger partial charge in [-0.15, -0.1) is 0 Å². The fourth-order valence-corrected chi connectivity index (χ4v) is 0.494. The minimum Gasteiger partial charge on any atom is -1.00 e. The maximum Gasteiger partial charge on any atom is 1.00 e. The van der Waals surface area contributed by atoms with E-state index in [1.165, 1.54) is 24.5 Å². The number of rotatable bonds is 1. The van der Waals surface area contributed by atoms with Crippen LogP contribution in [0.5, 0.6) is 0 Å². The number of nitrogens with zero attached hydrogens (tertiary/aromatic N) is 1. The molecule has 4 heteroatoms. The van der Waals surface area contributed by atoms with Crippen molar-refractivity contribution in [3.8, 4) is 0 Å². The van der Waals surface area contributed by atoms with Crippen molar-refractivity contribution < 1.29 is 80.2 Å². The molecule has 0 saturated heterocycles. The molecule has 0 aromatic carbocycles. The van der Waals surface area contributed by atoms with E-state index in [1.807, 2.05) is 0 Å². The van der Waals surface area contributed by atoms with E-state index in [-0.39, 0.29) is 75.9 Å². The van der Waals surface area contributed by atoms with Gasteiger partial charge in [0.1, 0.15) is 0 Å². The summed E-state index contributed by atoms with van der Waals surface area (Å²) >= 11 is 0. The van der Waals surface area contributed by atoms with Gasteiger partial charge in [0.15, 0.2) is 0 Å². The maximum atomic E-state index is 10.2. The fraction of sp³-hybridized carbons (Fsp3) is 0. The van der Waals surface area contributed by atoms with Gasteiger partial charge in [0.25, 0.3) is 0 Å². The Morgan fingerprint density at radius 3 is 2.30 bits per heavy atom. The second-order valence-corrected chi connectivity index (χ2v) is 1.54. The molecule has 10 heavy (non-hydrogen) atoms. The van der Waals surface area contributed by atoms with Gasteiger partial charge in [-0.2, -0.15) is 0 Å². The van der Waals surface area contributed by atoms with Crippen LogP contribution in [0.1, 0.15) is 11.8 Å². The first-order valence-corrected chi connectivity index (χ1v) is 2.44. The van der Waals surface area contributed by atoms with Gasteiger partial charge in [0, 0.05) is 12.4 Å². The molecule has 1 aromatic rings. The Bertz CT molecular complexity index is 217. The summed E-state index contributed by atoms with van der Waals surface area (Å²) in [5, 5.41) is 8.36. The summed E-state index contributed by atoms with van der Waals surface area (Å²) in [7, 11) is 0. The third-order valence-corrected chi connectivity index (χ3v) is 0.927. The average molecular weight is 257 g/mol. The van der Waals surface area contributed by atoms with E-state index in [1.54, 1.807) is 0 Å². The smallest absolute Gasteiger partial charge is 1.00 e. The molecule has 3 nitrogen and oxygen atoms in total. The molecule has 0 bridgehead atoms. The molecule has 0 amide bonds. The summed E-state index contributed by atoms with van der Waals surface area (Å²) in [5.41, 5.74) is 0.269. The van der Waals surface area contributed by atoms with Crippen LogP contribution in [0.15, 0.2) is 24.5 Å². The molecule has 0 aliphatic carbocycles. The van der Waals surface area contributed by atoms with Crippen molar-refractivity contribution in [1.29, 1.82) is 0 Å². The molecule has 0 unspecified atom stereocenters. The van der Waals surface area contributed by atoms with Crippen molar-refractivity contribution in [3.05, 3.63) is 30.1 Å². The molecule has 0 saturated carbocycles. The summed E-state index contributed by atoms with van der Waals surface area (Å²) in [6.07, 6.45) is 2.90. The van der Waals surface area contributed by atoms with E-state index in [4.69, 9.17) is 5.11 Å². The molecule has 1 aromatic heterocycles. The first-order chi connectivity index (χ1) is 4.30. The Morgan fingerprint density at radius 1 is 1.50 bits per heavy atom. The predicted molar refractivity (Wildman–Crippen MR) is 32.3 cm³/mol. The third-order valence-electron chi connectivity index (χ3n) is 0.927. The molecule has 48 valence electrons. The van der Waals surface area contributed by atoms with E-state index in [2.05, 4.69) is 4.98 Å². The van der Waals surface area contributed by atoms with Crippen LogP contribution in [-0.2, 0) is 0 Å². The number of aromatic nitrogens is 1. The van der Waals surface area contributed by atoms with Crippen molar-refractivity contribution in [2.24, 2.45) is 0 Å². The van der Waals surface area contributed by atoms with Crippen LogP contribution >= 0.6 is 0 Å². The molecular weight excluding hydrogens is 251 g/mol. The summed E-state index contributed by atoms with van der Waals surface area (Å²) in [5.74, 6) is -0.919. The molecule has 0 atom stereocenters. The Morgan fingerprint density at radius 2 is 2.00 bits per heavy atom. The average Bonchev–Trinajstić information content (AvgIpc) is 1.90. The van der Waals surface area contributed by atoms with E-state index in [9.17, 15) is 4.79 Å². The van der Waals surface area contributed by atoms with Gasteiger partial charge in [0.2, 0.25) is 0 Å². The molecule has 1 rings (SSSR count). The minimum absolute atomic E-state index is 0. The molecule has 0 spiro atoms. The zero-order valence-electron chi connectivity index (χ0n) is 6.61. The number of hydrogen-bond acceptors (Lipinski definition) is 2. The van der Waals surface area contributed by atoms with Crippen LogP contribution in [0.4, 0.5) is 0 Å². The van der Waals surface area contributed by atoms with Crippen molar-refractivity contribution in [1.82, 2.24) is 4.98 Å². The first-order valence-electron chi connectivity index (χ1n) is 2.44. The van der Waals surface area contributed by atoms with Gasteiger partial charge in [-0.1, -0.05) is 0 Å². The predicted octanol–water partition coefficient (Wildman–Crippen LogP) is -2.10. The monoisotopic (exact) mass is 257 g/mol. The maximum absolute atomic E-state index is 10.2. The quantitative estimate of drug-likeness (QED) is 0.626. The zero-order chi connectivity index (χ0) is 6.69. The SMILES string of the molecule is O=C(O)c1ccncc1.[Cs+].[H-].